The van der Waals surface area contributed by atoms with Gasteiger partial charge in [-0.2, -0.15) is 15.0 Å². The molecule has 1 aromatic rings. The highest BCUT2D eigenvalue weighted by atomic mass is 16.3. The molecule has 0 saturated heterocycles. The molecule has 6 nitrogen and oxygen atoms in total. The van der Waals surface area contributed by atoms with Crippen LogP contribution in [0.4, 0.5) is 11.9 Å². The monoisotopic (exact) mass is 293 g/mol. The van der Waals surface area contributed by atoms with Crippen LogP contribution >= 0.6 is 0 Å². The molecular formula is C15H27N5O. The minimum atomic E-state index is 0.250. The van der Waals surface area contributed by atoms with Crippen LogP contribution in [0.1, 0.15) is 51.3 Å². The van der Waals surface area contributed by atoms with E-state index >= 15 is 0 Å². The van der Waals surface area contributed by atoms with Crippen LogP contribution in [0.15, 0.2) is 0 Å². The molecule has 0 radical (unpaired) electrons. The maximum Gasteiger partial charge on any atom is 0.229 e. The lowest BCUT2D eigenvalue weighted by atomic mass is 10.0. The number of aliphatic hydroxyl groups is 1. The number of rotatable bonds is 6. The van der Waals surface area contributed by atoms with Crippen LogP contribution in [0.25, 0.3) is 0 Å². The zero-order valence-corrected chi connectivity index (χ0v) is 13.5. The summed E-state index contributed by atoms with van der Waals surface area (Å²) < 4.78 is 0. The summed E-state index contributed by atoms with van der Waals surface area (Å²) in [6.07, 6.45) is 4.33. The van der Waals surface area contributed by atoms with E-state index in [9.17, 15) is 0 Å². The normalized spacial score (nSPS) is 21.8. The summed E-state index contributed by atoms with van der Waals surface area (Å²) >= 11 is 0. The molecule has 1 saturated carbocycles. The summed E-state index contributed by atoms with van der Waals surface area (Å²) in [5.74, 6) is 2.94. The number of hydrogen-bond donors (Lipinski definition) is 2. The average molecular weight is 293 g/mol. The van der Waals surface area contributed by atoms with Gasteiger partial charge in [-0.3, -0.25) is 0 Å². The van der Waals surface area contributed by atoms with Gasteiger partial charge >= 0.3 is 0 Å². The molecule has 1 aromatic heterocycles. The van der Waals surface area contributed by atoms with Crippen LogP contribution in [-0.4, -0.2) is 46.8 Å². The van der Waals surface area contributed by atoms with Crippen molar-refractivity contribution in [3.05, 3.63) is 5.82 Å². The molecular weight excluding hydrogens is 266 g/mol. The van der Waals surface area contributed by atoms with E-state index in [0.29, 0.717) is 23.9 Å². The first kappa shape index (κ1) is 15.9. The summed E-state index contributed by atoms with van der Waals surface area (Å²) in [4.78, 5) is 15.4. The maximum atomic E-state index is 9.17. The van der Waals surface area contributed by atoms with E-state index in [2.05, 4.69) is 34.1 Å². The van der Waals surface area contributed by atoms with Crippen molar-refractivity contribution in [2.45, 2.75) is 51.5 Å². The lowest BCUT2D eigenvalue weighted by Gasteiger charge is -2.21. The van der Waals surface area contributed by atoms with Gasteiger partial charge in [0.15, 0.2) is 0 Å². The molecule has 0 spiro atoms. The number of hydrogen-bond acceptors (Lipinski definition) is 6. The molecule has 21 heavy (non-hydrogen) atoms. The van der Waals surface area contributed by atoms with Gasteiger partial charge in [-0.15, -0.1) is 0 Å². The van der Waals surface area contributed by atoms with Crippen molar-refractivity contribution < 1.29 is 5.11 Å². The molecule has 1 aliphatic carbocycles. The first-order valence-electron chi connectivity index (χ1n) is 7.82. The number of nitrogens with zero attached hydrogens (tertiary/aromatic N) is 4. The summed E-state index contributed by atoms with van der Waals surface area (Å²) in [6.45, 7) is 4.42. The van der Waals surface area contributed by atoms with E-state index in [-0.39, 0.29) is 12.5 Å². The Bertz CT molecular complexity index is 437. The molecule has 0 aliphatic heterocycles. The van der Waals surface area contributed by atoms with E-state index in [1.807, 2.05) is 19.0 Å². The van der Waals surface area contributed by atoms with Gasteiger partial charge in [-0.05, 0) is 25.2 Å². The Hall–Kier alpha value is -1.43. The van der Waals surface area contributed by atoms with Gasteiger partial charge in [0.1, 0.15) is 5.82 Å². The van der Waals surface area contributed by atoms with Crippen LogP contribution in [0, 0.1) is 5.92 Å². The average Bonchev–Trinajstić information content (AvgIpc) is 2.86. The molecule has 6 heteroatoms. The highest BCUT2D eigenvalue weighted by Crippen LogP contribution is 2.30. The largest absolute Gasteiger partial charge is 0.396 e. The topological polar surface area (TPSA) is 74.2 Å². The second-order valence-electron chi connectivity index (χ2n) is 6.32. The third kappa shape index (κ3) is 4.03. The number of nitrogens with one attached hydrogen (secondary N) is 1. The number of anilines is 2. The van der Waals surface area contributed by atoms with Crippen LogP contribution in [-0.2, 0) is 0 Å². The predicted octanol–water partition coefficient (Wildman–Crippen LogP) is 2.02. The van der Waals surface area contributed by atoms with Crippen molar-refractivity contribution in [3.8, 4) is 0 Å². The van der Waals surface area contributed by atoms with Gasteiger partial charge < -0.3 is 15.3 Å². The highest BCUT2D eigenvalue weighted by Gasteiger charge is 2.27. The van der Waals surface area contributed by atoms with Crippen LogP contribution in [0.5, 0.6) is 0 Å². The smallest absolute Gasteiger partial charge is 0.229 e. The lowest BCUT2D eigenvalue weighted by molar-refractivity contribution is 0.254. The standard InChI is InChI=1S/C15H27N5O/c1-10(2)13-17-14(19-15(18-13)20(3)4)16-12-7-5-6-11(12)8-9-21/h10-12,21H,5-9H2,1-4H3,(H,16,17,18,19). The molecule has 0 amide bonds. The molecule has 0 bridgehead atoms. The molecule has 1 fully saturated rings. The summed E-state index contributed by atoms with van der Waals surface area (Å²) in [7, 11) is 3.88. The van der Waals surface area contributed by atoms with Gasteiger partial charge in [0.2, 0.25) is 11.9 Å². The quantitative estimate of drug-likeness (QED) is 0.836. The van der Waals surface area contributed by atoms with Gasteiger partial charge in [0, 0.05) is 32.7 Å². The molecule has 1 aliphatic rings. The van der Waals surface area contributed by atoms with Gasteiger partial charge in [-0.25, -0.2) is 0 Å². The zero-order chi connectivity index (χ0) is 15.4. The minimum Gasteiger partial charge on any atom is -0.396 e. The number of aromatic nitrogens is 3. The van der Waals surface area contributed by atoms with E-state index in [1.54, 1.807) is 0 Å². The van der Waals surface area contributed by atoms with Crippen molar-refractivity contribution in [1.82, 2.24) is 15.0 Å². The van der Waals surface area contributed by atoms with Gasteiger partial charge in [0.25, 0.3) is 0 Å². The number of aliphatic hydroxyl groups excluding tert-OH is 1. The molecule has 2 rings (SSSR count). The summed E-state index contributed by atoms with van der Waals surface area (Å²) in [5, 5.41) is 12.6. The molecule has 2 N–H and O–H groups in total. The second-order valence-corrected chi connectivity index (χ2v) is 6.32. The fraction of sp³-hybridized carbons (Fsp3) is 0.800. The molecule has 0 aromatic carbocycles. The third-order valence-electron chi connectivity index (χ3n) is 4.03. The Morgan fingerprint density at radius 3 is 2.62 bits per heavy atom. The minimum absolute atomic E-state index is 0.250. The first-order chi connectivity index (χ1) is 10.0. The Morgan fingerprint density at radius 2 is 2.00 bits per heavy atom. The SMILES string of the molecule is CC(C)c1nc(NC2CCCC2CCO)nc(N(C)C)n1. The molecule has 1 heterocycles. The highest BCUT2D eigenvalue weighted by molar-refractivity contribution is 5.37. The first-order valence-corrected chi connectivity index (χ1v) is 7.82. The van der Waals surface area contributed by atoms with Crippen molar-refractivity contribution in [3.63, 3.8) is 0 Å². The van der Waals surface area contributed by atoms with Crippen LogP contribution in [0.2, 0.25) is 0 Å². The Balaban J connectivity index is 2.18. The lowest BCUT2D eigenvalue weighted by Crippen LogP contribution is -2.27. The van der Waals surface area contributed by atoms with Crippen molar-refractivity contribution in [2.24, 2.45) is 5.92 Å². The Morgan fingerprint density at radius 1 is 1.24 bits per heavy atom. The van der Waals surface area contributed by atoms with E-state index in [0.717, 1.165) is 18.7 Å². The van der Waals surface area contributed by atoms with E-state index in [4.69, 9.17) is 5.11 Å². The summed E-state index contributed by atoms with van der Waals surface area (Å²) in [5.41, 5.74) is 0. The second kappa shape index (κ2) is 7.02. The zero-order valence-electron chi connectivity index (χ0n) is 13.5. The predicted molar refractivity (Wildman–Crippen MR) is 84.7 cm³/mol. The van der Waals surface area contributed by atoms with Gasteiger partial charge in [-0.1, -0.05) is 20.3 Å². The van der Waals surface area contributed by atoms with Crippen molar-refractivity contribution >= 4 is 11.9 Å². The van der Waals surface area contributed by atoms with E-state index in [1.165, 1.54) is 12.8 Å². The molecule has 118 valence electrons. The van der Waals surface area contributed by atoms with E-state index < -0.39 is 0 Å². The van der Waals surface area contributed by atoms with Crippen molar-refractivity contribution in [2.75, 3.05) is 30.9 Å². The summed E-state index contributed by atoms with van der Waals surface area (Å²) in [6, 6.07) is 0.356. The van der Waals surface area contributed by atoms with Crippen LogP contribution < -0.4 is 10.2 Å². The fourth-order valence-electron chi connectivity index (χ4n) is 2.81. The Kier molecular flexibility index (Phi) is 5.33. The maximum absolute atomic E-state index is 9.17. The Labute approximate surface area is 127 Å². The third-order valence-corrected chi connectivity index (χ3v) is 4.03. The molecule has 2 unspecified atom stereocenters. The fourth-order valence-corrected chi connectivity index (χ4v) is 2.81. The van der Waals surface area contributed by atoms with Crippen molar-refractivity contribution in [1.29, 1.82) is 0 Å². The van der Waals surface area contributed by atoms with Crippen LogP contribution in [0.3, 0.4) is 0 Å². The molecule has 2 atom stereocenters. The van der Waals surface area contributed by atoms with Gasteiger partial charge in [0.05, 0.1) is 0 Å².